The first-order valence-corrected chi connectivity index (χ1v) is 8.79. The molecule has 18 heavy (non-hydrogen) atoms. The first-order chi connectivity index (χ1) is 8.66. The molecule has 1 aliphatic rings. The van der Waals surface area contributed by atoms with Crippen LogP contribution in [0.4, 0.5) is 0 Å². The molecule has 0 unspecified atom stereocenters. The number of hydrogen-bond acceptors (Lipinski definition) is 2. The molecule has 2 aromatic carbocycles. The Morgan fingerprint density at radius 2 is 1.78 bits per heavy atom. The van der Waals surface area contributed by atoms with Crippen LogP contribution in [0.2, 0.25) is 0 Å². The van der Waals surface area contributed by atoms with E-state index in [9.17, 15) is 4.79 Å². The molecule has 2 nitrogen and oxygen atoms in total. The summed E-state index contributed by atoms with van der Waals surface area (Å²) >= 11 is -2.00. The normalized spacial score (nSPS) is 15.4. The van der Waals surface area contributed by atoms with Crippen LogP contribution in [-0.4, -0.2) is 5.97 Å². The average Bonchev–Trinajstić information content (AvgIpc) is 2.68. The summed E-state index contributed by atoms with van der Waals surface area (Å²) in [5.74, 6) is -0.157. The Morgan fingerprint density at radius 3 is 2.56 bits per heavy atom. The Balaban J connectivity index is 2.12. The molecule has 2 aromatic rings. The molecule has 1 heterocycles. The van der Waals surface area contributed by atoms with Crippen LogP contribution in [0.3, 0.4) is 0 Å². The standard InChI is InChI=1S/C15H13IO2/c1-10-7-8-13(11(2)9-10)16-14-6-4-3-5-12(14)15(17)18-16/h3-9H,1-2H3. The van der Waals surface area contributed by atoms with E-state index in [4.69, 9.17) is 3.07 Å². The molecule has 0 spiro atoms. The molecule has 0 aromatic heterocycles. The summed E-state index contributed by atoms with van der Waals surface area (Å²) in [6, 6.07) is 14.1. The molecule has 3 rings (SSSR count). The zero-order valence-corrected chi connectivity index (χ0v) is 12.4. The van der Waals surface area contributed by atoms with E-state index in [1.165, 1.54) is 14.7 Å². The molecule has 0 N–H and O–H groups in total. The number of carbonyl (C=O) groups is 1. The summed E-state index contributed by atoms with van der Waals surface area (Å²) in [4.78, 5) is 11.8. The molecule has 0 fully saturated rings. The van der Waals surface area contributed by atoms with Crippen molar-refractivity contribution in [2.75, 3.05) is 0 Å². The van der Waals surface area contributed by atoms with Crippen LogP contribution in [0, 0.1) is 21.0 Å². The van der Waals surface area contributed by atoms with Gasteiger partial charge in [-0.05, 0) is 0 Å². The van der Waals surface area contributed by atoms with E-state index in [0.717, 1.165) is 9.13 Å². The number of fused-ring (bicyclic) bond motifs is 1. The number of rotatable bonds is 1. The van der Waals surface area contributed by atoms with Gasteiger partial charge in [0.25, 0.3) is 0 Å². The molecule has 0 amide bonds. The average molecular weight is 352 g/mol. The van der Waals surface area contributed by atoms with Gasteiger partial charge in [-0.1, -0.05) is 0 Å². The van der Waals surface area contributed by atoms with E-state index >= 15 is 0 Å². The third-order valence-electron chi connectivity index (χ3n) is 2.92. The Kier molecular flexibility index (Phi) is 2.86. The summed E-state index contributed by atoms with van der Waals surface area (Å²) in [6.45, 7) is 4.17. The number of aryl methyl sites for hydroxylation is 2. The van der Waals surface area contributed by atoms with Gasteiger partial charge in [-0.15, -0.1) is 0 Å². The SMILES string of the molecule is Cc1ccc(I2OC(=O)c3ccccc32)c(C)c1. The van der Waals surface area contributed by atoms with Gasteiger partial charge in [-0.3, -0.25) is 0 Å². The Labute approximate surface area is 114 Å². The van der Waals surface area contributed by atoms with Gasteiger partial charge in [0.1, 0.15) is 0 Å². The predicted octanol–water partition coefficient (Wildman–Crippen LogP) is 3.93. The third-order valence-corrected chi connectivity index (χ3v) is 8.03. The number of carbonyl (C=O) groups excluding carboxylic acids is 1. The fourth-order valence-corrected chi connectivity index (χ4v) is 6.70. The van der Waals surface area contributed by atoms with Gasteiger partial charge in [0, 0.05) is 0 Å². The van der Waals surface area contributed by atoms with E-state index in [0.29, 0.717) is 0 Å². The summed E-state index contributed by atoms with van der Waals surface area (Å²) in [6.07, 6.45) is 0. The number of halogens is 1. The van der Waals surface area contributed by atoms with Crippen LogP contribution in [0.5, 0.6) is 0 Å². The Morgan fingerprint density at radius 1 is 1.00 bits per heavy atom. The Bertz CT molecular complexity index is 634. The van der Waals surface area contributed by atoms with Crippen LogP contribution in [0.15, 0.2) is 42.5 Å². The number of hydrogen-bond donors (Lipinski definition) is 0. The molecule has 0 atom stereocenters. The van der Waals surface area contributed by atoms with Crippen molar-refractivity contribution in [1.29, 1.82) is 0 Å². The van der Waals surface area contributed by atoms with E-state index < -0.39 is 20.2 Å². The summed E-state index contributed by atoms with van der Waals surface area (Å²) in [5.41, 5.74) is 3.22. The van der Waals surface area contributed by atoms with Gasteiger partial charge < -0.3 is 0 Å². The maximum absolute atomic E-state index is 11.8. The van der Waals surface area contributed by atoms with E-state index in [1.54, 1.807) is 0 Å². The minimum absolute atomic E-state index is 0.157. The Hall–Kier alpha value is -1.36. The molecule has 0 bridgehead atoms. The van der Waals surface area contributed by atoms with Crippen LogP contribution in [0.25, 0.3) is 0 Å². The van der Waals surface area contributed by atoms with Gasteiger partial charge in [0.05, 0.1) is 0 Å². The second-order valence-corrected chi connectivity index (χ2v) is 8.53. The van der Waals surface area contributed by atoms with E-state index in [2.05, 4.69) is 32.0 Å². The van der Waals surface area contributed by atoms with Crippen molar-refractivity contribution in [3.8, 4) is 0 Å². The van der Waals surface area contributed by atoms with Crippen molar-refractivity contribution in [3.05, 3.63) is 66.3 Å². The predicted molar refractivity (Wildman–Crippen MR) is 79.2 cm³/mol. The van der Waals surface area contributed by atoms with Crippen LogP contribution in [-0.2, 0) is 3.07 Å². The first kappa shape index (κ1) is 11.7. The molecule has 3 heteroatoms. The fraction of sp³-hybridized carbons (Fsp3) is 0.133. The van der Waals surface area contributed by atoms with E-state index in [-0.39, 0.29) is 5.97 Å². The van der Waals surface area contributed by atoms with Crippen LogP contribution < -0.4 is 0 Å². The van der Waals surface area contributed by atoms with Gasteiger partial charge in [0.2, 0.25) is 0 Å². The second kappa shape index (κ2) is 4.39. The summed E-state index contributed by atoms with van der Waals surface area (Å²) in [5, 5.41) is 0. The molecule has 1 aliphatic heterocycles. The monoisotopic (exact) mass is 352 g/mol. The molecule has 0 radical (unpaired) electrons. The van der Waals surface area contributed by atoms with Crippen molar-refractivity contribution < 1.29 is 7.86 Å². The fourth-order valence-electron chi connectivity index (χ4n) is 2.07. The zero-order valence-electron chi connectivity index (χ0n) is 10.2. The van der Waals surface area contributed by atoms with Crippen molar-refractivity contribution in [2.24, 2.45) is 0 Å². The van der Waals surface area contributed by atoms with Crippen molar-refractivity contribution in [1.82, 2.24) is 0 Å². The van der Waals surface area contributed by atoms with Crippen LogP contribution >= 0.6 is 20.2 Å². The topological polar surface area (TPSA) is 26.3 Å². The van der Waals surface area contributed by atoms with Crippen molar-refractivity contribution in [2.45, 2.75) is 13.8 Å². The molecular weight excluding hydrogens is 339 g/mol. The second-order valence-electron chi connectivity index (χ2n) is 4.35. The molecule has 0 saturated carbocycles. The minimum atomic E-state index is -2.00. The van der Waals surface area contributed by atoms with Crippen LogP contribution in [0.1, 0.15) is 21.5 Å². The quantitative estimate of drug-likeness (QED) is 0.727. The zero-order chi connectivity index (χ0) is 12.7. The molecule has 0 aliphatic carbocycles. The van der Waals surface area contributed by atoms with Crippen molar-refractivity contribution >= 4 is 26.2 Å². The van der Waals surface area contributed by atoms with Gasteiger partial charge in [-0.2, -0.15) is 0 Å². The summed E-state index contributed by atoms with van der Waals surface area (Å²) < 4.78 is 8.01. The molecule has 92 valence electrons. The number of benzene rings is 2. The first-order valence-electron chi connectivity index (χ1n) is 5.76. The van der Waals surface area contributed by atoms with Crippen molar-refractivity contribution in [3.63, 3.8) is 0 Å². The molecule has 0 saturated heterocycles. The van der Waals surface area contributed by atoms with Gasteiger partial charge in [0.15, 0.2) is 0 Å². The van der Waals surface area contributed by atoms with Gasteiger partial charge >= 0.3 is 114 Å². The maximum atomic E-state index is 11.8. The third kappa shape index (κ3) is 1.82. The van der Waals surface area contributed by atoms with E-state index in [1.807, 2.05) is 24.3 Å². The summed E-state index contributed by atoms with van der Waals surface area (Å²) in [7, 11) is 0. The molecular formula is C15H13IO2. The van der Waals surface area contributed by atoms with Gasteiger partial charge in [-0.25, -0.2) is 0 Å².